The number of pyridine rings is 1. The molecule has 7 heteroatoms. The van der Waals surface area contributed by atoms with Crippen LogP contribution in [0.1, 0.15) is 22.8 Å². The molecule has 1 aromatic carbocycles. The van der Waals surface area contributed by atoms with Gasteiger partial charge in [0.15, 0.2) is 11.5 Å². The summed E-state index contributed by atoms with van der Waals surface area (Å²) in [6, 6.07) is 8.68. The second-order valence-electron chi connectivity index (χ2n) is 5.62. The van der Waals surface area contributed by atoms with Crippen molar-refractivity contribution in [2.24, 2.45) is 0 Å². The maximum absolute atomic E-state index is 12.3. The molecule has 0 aliphatic rings. The number of nitrogens with zero attached hydrogens (tertiary/aromatic N) is 2. The molecular weight excluding hydrogens is 334 g/mol. The molecule has 0 saturated heterocycles. The Kier molecular flexibility index (Phi) is 6.96. The Labute approximate surface area is 152 Å². The van der Waals surface area contributed by atoms with Crippen LogP contribution in [0.3, 0.4) is 0 Å². The van der Waals surface area contributed by atoms with E-state index in [0.29, 0.717) is 36.7 Å². The Morgan fingerprint density at radius 1 is 1.08 bits per heavy atom. The number of rotatable bonds is 8. The molecule has 0 bridgehead atoms. The fourth-order valence-corrected chi connectivity index (χ4v) is 2.44. The average molecular weight is 357 g/mol. The van der Waals surface area contributed by atoms with Crippen LogP contribution < -0.4 is 14.8 Å². The Hall–Kier alpha value is -3.09. The molecule has 2 amide bonds. The zero-order chi connectivity index (χ0) is 18.9. The lowest BCUT2D eigenvalue weighted by Gasteiger charge is -2.21. The van der Waals surface area contributed by atoms with Gasteiger partial charge in [-0.2, -0.15) is 0 Å². The highest BCUT2D eigenvalue weighted by Crippen LogP contribution is 2.27. The van der Waals surface area contributed by atoms with Gasteiger partial charge in [0.2, 0.25) is 5.91 Å². The third-order valence-electron chi connectivity index (χ3n) is 3.88. The van der Waals surface area contributed by atoms with Crippen LogP contribution in [-0.4, -0.2) is 49.0 Å². The van der Waals surface area contributed by atoms with Crippen LogP contribution in [-0.2, 0) is 11.3 Å². The molecule has 1 heterocycles. The molecule has 0 unspecified atom stereocenters. The van der Waals surface area contributed by atoms with E-state index in [2.05, 4.69) is 10.3 Å². The summed E-state index contributed by atoms with van der Waals surface area (Å²) >= 11 is 0. The highest BCUT2D eigenvalue weighted by atomic mass is 16.5. The molecule has 0 spiro atoms. The van der Waals surface area contributed by atoms with E-state index in [1.54, 1.807) is 35.5 Å². The number of carbonyl (C=O) groups excluding carboxylic acids is 2. The highest BCUT2D eigenvalue weighted by molar-refractivity contribution is 5.94. The van der Waals surface area contributed by atoms with Gasteiger partial charge in [-0.15, -0.1) is 0 Å². The van der Waals surface area contributed by atoms with E-state index in [4.69, 9.17) is 9.47 Å². The minimum atomic E-state index is -0.238. The molecule has 2 rings (SSSR count). The molecule has 0 radical (unpaired) electrons. The number of hydrogen-bond acceptors (Lipinski definition) is 5. The number of ether oxygens (including phenoxy) is 2. The largest absolute Gasteiger partial charge is 0.493 e. The molecule has 0 aliphatic carbocycles. The number of methoxy groups -OCH3 is 2. The number of benzene rings is 1. The van der Waals surface area contributed by atoms with Crippen LogP contribution in [0, 0.1) is 0 Å². The molecule has 0 fully saturated rings. The summed E-state index contributed by atoms with van der Waals surface area (Å²) in [4.78, 5) is 29.8. The summed E-state index contributed by atoms with van der Waals surface area (Å²) in [5, 5.41) is 2.82. The summed E-state index contributed by atoms with van der Waals surface area (Å²) in [6.45, 7) is 2.75. The van der Waals surface area contributed by atoms with Gasteiger partial charge in [-0.1, -0.05) is 0 Å². The Morgan fingerprint density at radius 3 is 2.38 bits per heavy atom. The first-order valence-corrected chi connectivity index (χ1v) is 8.19. The second kappa shape index (κ2) is 9.41. The first-order chi connectivity index (χ1) is 12.5. The number of amides is 2. The monoisotopic (exact) mass is 357 g/mol. The van der Waals surface area contributed by atoms with E-state index in [0.717, 1.165) is 5.56 Å². The normalized spacial score (nSPS) is 10.1. The lowest BCUT2D eigenvalue weighted by atomic mass is 10.2. The summed E-state index contributed by atoms with van der Waals surface area (Å²) in [5.74, 6) is 0.757. The fourth-order valence-electron chi connectivity index (χ4n) is 2.44. The summed E-state index contributed by atoms with van der Waals surface area (Å²) in [5.41, 5.74) is 1.45. The molecule has 138 valence electrons. The minimum Gasteiger partial charge on any atom is -0.493 e. The molecule has 0 aliphatic heterocycles. The van der Waals surface area contributed by atoms with E-state index in [1.807, 2.05) is 12.1 Å². The zero-order valence-corrected chi connectivity index (χ0v) is 15.2. The van der Waals surface area contributed by atoms with Crippen LogP contribution in [0.15, 0.2) is 42.7 Å². The highest BCUT2D eigenvalue weighted by Gasteiger charge is 2.13. The summed E-state index contributed by atoms with van der Waals surface area (Å²) < 4.78 is 10.4. The molecule has 0 atom stereocenters. The fraction of sp³-hybridized carbons (Fsp3) is 0.316. The molecule has 2 aromatic rings. The first kappa shape index (κ1) is 19.2. The van der Waals surface area contributed by atoms with Crippen molar-refractivity contribution < 1.29 is 19.1 Å². The third kappa shape index (κ3) is 5.20. The lowest BCUT2D eigenvalue weighted by molar-refractivity contribution is -0.129. The third-order valence-corrected chi connectivity index (χ3v) is 3.88. The van der Waals surface area contributed by atoms with Crippen molar-refractivity contribution in [3.63, 3.8) is 0 Å². The quantitative estimate of drug-likeness (QED) is 0.780. The van der Waals surface area contributed by atoms with Crippen LogP contribution in [0.5, 0.6) is 11.5 Å². The number of hydrogen-bond donors (Lipinski definition) is 1. The van der Waals surface area contributed by atoms with E-state index < -0.39 is 0 Å². The van der Waals surface area contributed by atoms with Crippen molar-refractivity contribution in [2.75, 3.05) is 27.3 Å². The van der Waals surface area contributed by atoms with Crippen LogP contribution in [0.4, 0.5) is 0 Å². The van der Waals surface area contributed by atoms with Gasteiger partial charge in [-0.25, -0.2) is 0 Å². The van der Waals surface area contributed by atoms with Crippen molar-refractivity contribution in [3.05, 3.63) is 53.9 Å². The standard InChI is InChI=1S/C19H23N3O4/c1-14(23)22(13-15-6-8-20-9-7-15)11-10-21-19(24)16-4-5-17(25-2)18(12-16)26-3/h4-9,12H,10-11,13H2,1-3H3,(H,21,24). The van der Waals surface area contributed by atoms with Crippen LogP contribution in [0.2, 0.25) is 0 Å². The van der Waals surface area contributed by atoms with Crippen LogP contribution in [0.25, 0.3) is 0 Å². The maximum Gasteiger partial charge on any atom is 0.251 e. The Bertz CT molecular complexity index is 750. The van der Waals surface area contributed by atoms with Gasteiger partial charge in [0.25, 0.3) is 5.91 Å². The van der Waals surface area contributed by atoms with E-state index >= 15 is 0 Å². The van der Waals surface area contributed by atoms with Gasteiger partial charge in [-0.3, -0.25) is 14.6 Å². The SMILES string of the molecule is COc1ccc(C(=O)NCCN(Cc2ccncc2)C(C)=O)cc1OC. The molecule has 26 heavy (non-hydrogen) atoms. The van der Waals surface area contributed by atoms with Gasteiger partial charge in [0, 0.05) is 44.5 Å². The average Bonchev–Trinajstić information content (AvgIpc) is 2.67. The predicted octanol–water partition coefficient (Wildman–Crippen LogP) is 1.88. The predicted molar refractivity (Wildman–Crippen MR) is 97.2 cm³/mol. The van der Waals surface area contributed by atoms with Crippen molar-refractivity contribution in [1.82, 2.24) is 15.2 Å². The van der Waals surface area contributed by atoms with E-state index in [1.165, 1.54) is 21.1 Å². The first-order valence-electron chi connectivity index (χ1n) is 8.19. The topological polar surface area (TPSA) is 80.8 Å². The van der Waals surface area contributed by atoms with Crippen molar-refractivity contribution in [2.45, 2.75) is 13.5 Å². The van der Waals surface area contributed by atoms with E-state index in [-0.39, 0.29) is 11.8 Å². The van der Waals surface area contributed by atoms with Gasteiger partial charge in [-0.05, 0) is 35.9 Å². The molecular formula is C19H23N3O4. The number of aromatic nitrogens is 1. The van der Waals surface area contributed by atoms with Crippen molar-refractivity contribution in [3.8, 4) is 11.5 Å². The smallest absolute Gasteiger partial charge is 0.251 e. The molecule has 7 nitrogen and oxygen atoms in total. The van der Waals surface area contributed by atoms with E-state index in [9.17, 15) is 9.59 Å². The number of nitrogens with one attached hydrogen (secondary N) is 1. The molecule has 0 saturated carbocycles. The Balaban J connectivity index is 1.92. The van der Waals surface area contributed by atoms with Gasteiger partial charge >= 0.3 is 0 Å². The minimum absolute atomic E-state index is 0.0535. The van der Waals surface area contributed by atoms with Crippen molar-refractivity contribution in [1.29, 1.82) is 0 Å². The van der Waals surface area contributed by atoms with Gasteiger partial charge in [0.1, 0.15) is 0 Å². The van der Waals surface area contributed by atoms with Crippen molar-refractivity contribution >= 4 is 11.8 Å². The molecule has 1 aromatic heterocycles. The lowest BCUT2D eigenvalue weighted by Crippen LogP contribution is -2.37. The zero-order valence-electron chi connectivity index (χ0n) is 15.2. The second-order valence-corrected chi connectivity index (χ2v) is 5.62. The maximum atomic E-state index is 12.3. The Morgan fingerprint density at radius 2 is 1.77 bits per heavy atom. The van der Waals surface area contributed by atoms with Gasteiger partial charge < -0.3 is 19.7 Å². The summed E-state index contributed by atoms with van der Waals surface area (Å²) in [6.07, 6.45) is 3.37. The molecule has 1 N–H and O–H groups in total. The van der Waals surface area contributed by atoms with Gasteiger partial charge in [0.05, 0.1) is 14.2 Å². The number of carbonyl (C=O) groups is 2. The summed E-state index contributed by atoms with van der Waals surface area (Å²) in [7, 11) is 3.06. The van der Waals surface area contributed by atoms with Crippen LogP contribution >= 0.6 is 0 Å².